The maximum absolute atomic E-state index is 14.6. The Bertz CT molecular complexity index is 1040. The van der Waals surface area contributed by atoms with Crippen LogP contribution in [0.4, 0.5) is 10.1 Å². The number of carbonyl (C=O) groups excluding carboxylic acids is 1. The monoisotopic (exact) mass is 436 g/mol. The predicted molar refractivity (Wildman–Crippen MR) is 125 cm³/mol. The average Bonchev–Trinajstić information content (AvgIpc) is 2.78. The van der Waals surface area contributed by atoms with E-state index in [4.69, 9.17) is 11.6 Å². The van der Waals surface area contributed by atoms with Crippen molar-refractivity contribution < 1.29 is 9.18 Å². The molecule has 3 nitrogen and oxygen atoms in total. The third kappa shape index (κ3) is 5.52. The van der Waals surface area contributed by atoms with E-state index in [-0.39, 0.29) is 11.6 Å². The van der Waals surface area contributed by atoms with E-state index in [0.29, 0.717) is 10.6 Å². The second-order valence-corrected chi connectivity index (χ2v) is 8.75. The normalized spacial score (nSPS) is 15.1. The molecule has 1 aliphatic rings. The van der Waals surface area contributed by atoms with Gasteiger partial charge in [-0.05, 0) is 84.9 Å². The van der Waals surface area contributed by atoms with E-state index in [1.807, 2.05) is 24.3 Å². The van der Waals surface area contributed by atoms with E-state index in [9.17, 15) is 9.18 Å². The number of rotatable bonds is 5. The van der Waals surface area contributed by atoms with Gasteiger partial charge in [0.1, 0.15) is 5.82 Å². The van der Waals surface area contributed by atoms with Crippen LogP contribution in [0.3, 0.4) is 0 Å². The van der Waals surface area contributed by atoms with Crippen LogP contribution >= 0.6 is 11.6 Å². The molecule has 0 saturated carbocycles. The molecule has 1 amide bonds. The van der Waals surface area contributed by atoms with E-state index in [2.05, 4.69) is 17.1 Å². The lowest BCUT2D eigenvalue weighted by Crippen LogP contribution is -2.32. The number of hydrogen-bond acceptors (Lipinski definition) is 2. The molecule has 1 fully saturated rings. The first-order valence-electron chi connectivity index (χ1n) is 10.7. The minimum atomic E-state index is -0.475. The van der Waals surface area contributed by atoms with Crippen molar-refractivity contribution in [2.45, 2.75) is 26.3 Å². The molecule has 1 heterocycles. The topological polar surface area (TPSA) is 32.3 Å². The van der Waals surface area contributed by atoms with Crippen LogP contribution in [0.1, 0.15) is 35.7 Å². The minimum Gasteiger partial charge on any atom is -0.319 e. The summed E-state index contributed by atoms with van der Waals surface area (Å²) < 4.78 is 14.6. The molecule has 0 radical (unpaired) electrons. The van der Waals surface area contributed by atoms with Crippen molar-refractivity contribution in [3.63, 3.8) is 0 Å². The molecule has 0 aromatic heterocycles. The van der Waals surface area contributed by atoms with E-state index in [1.165, 1.54) is 24.5 Å². The molecule has 1 N–H and O–H groups in total. The van der Waals surface area contributed by atoms with Crippen molar-refractivity contribution in [1.29, 1.82) is 0 Å². The van der Waals surface area contributed by atoms with Crippen LogP contribution in [0, 0.1) is 11.7 Å². The van der Waals surface area contributed by atoms with Crippen LogP contribution in [0.2, 0.25) is 5.02 Å². The van der Waals surface area contributed by atoms with Gasteiger partial charge in [0, 0.05) is 17.1 Å². The van der Waals surface area contributed by atoms with Gasteiger partial charge in [-0.25, -0.2) is 4.39 Å². The van der Waals surface area contributed by atoms with E-state index < -0.39 is 5.82 Å². The van der Waals surface area contributed by atoms with Crippen molar-refractivity contribution >= 4 is 23.2 Å². The van der Waals surface area contributed by atoms with Crippen LogP contribution in [0.15, 0.2) is 66.7 Å². The van der Waals surface area contributed by atoms with Crippen LogP contribution in [-0.4, -0.2) is 23.9 Å². The molecular formula is C26H26ClFN2O. The van der Waals surface area contributed by atoms with Gasteiger partial charge in [-0.3, -0.25) is 9.69 Å². The number of carbonyl (C=O) groups is 1. The standard InChI is InChI=1S/C26H26ClFN2O/c1-18-12-14-30(15-13-18)17-19-2-4-21(5-3-19)26(31)29-25-11-8-22(16-24(25)28)20-6-9-23(27)10-7-20/h2-11,16,18H,12-15,17H2,1H3,(H,29,31). The quantitative estimate of drug-likeness (QED) is 0.486. The summed E-state index contributed by atoms with van der Waals surface area (Å²) in [5.41, 5.74) is 3.44. The predicted octanol–water partition coefficient (Wildman–Crippen LogP) is 6.63. The number of nitrogens with zero attached hydrogens (tertiary/aromatic N) is 1. The Kier molecular flexibility index (Phi) is 6.69. The molecule has 1 saturated heterocycles. The molecule has 0 spiro atoms. The average molecular weight is 437 g/mol. The molecule has 0 atom stereocenters. The first-order valence-corrected chi connectivity index (χ1v) is 11.0. The molecule has 3 aromatic carbocycles. The Hall–Kier alpha value is -2.69. The van der Waals surface area contributed by atoms with Gasteiger partial charge in [0.2, 0.25) is 0 Å². The molecule has 31 heavy (non-hydrogen) atoms. The summed E-state index contributed by atoms with van der Waals surface area (Å²) >= 11 is 5.91. The molecule has 0 aliphatic carbocycles. The number of amides is 1. The highest BCUT2D eigenvalue weighted by Gasteiger charge is 2.16. The maximum atomic E-state index is 14.6. The summed E-state index contributed by atoms with van der Waals surface area (Å²) in [6, 6.07) is 19.5. The number of anilines is 1. The van der Waals surface area contributed by atoms with Gasteiger partial charge in [-0.15, -0.1) is 0 Å². The van der Waals surface area contributed by atoms with E-state index in [1.54, 1.807) is 36.4 Å². The fourth-order valence-corrected chi connectivity index (χ4v) is 4.00. The van der Waals surface area contributed by atoms with Gasteiger partial charge in [0.15, 0.2) is 0 Å². The number of nitrogens with one attached hydrogen (secondary N) is 1. The lowest BCUT2D eigenvalue weighted by atomic mass is 9.99. The molecule has 0 unspecified atom stereocenters. The Morgan fingerprint density at radius 2 is 1.65 bits per heavy atom. The summed E-state index contributed by atoms with van der Waals surface area (Å²) in [7, 11) is 0. The van der Waals surface area contributed by atoms with Crippen molar-refractivity contribution in [2.75, 3.05) is 18.4 Å². The Labute approximate surface area is 187 Å². The Morgan fingerprint density at radius 1 is 1.00 bits per heavy atom. The third-order valence-electron chi connectivity index (χ3n) is 5.89. The van der Waals surface area contributed by atoms with Crippen LogP contribution in [0.25, 0.3) is 11.1 Å². The third-order valence-corrected chi connectivity index (χ3v) is 6.15. The van der Waals surface area contributed by atoms with Gasteiger partial charge in [-0.2, -0.15) is 0 Å². The van der Waals surface area contributed by atoms with Crippen LogP contribution in [0.5, 0.6) is 0 Å². The zero-order chi connectivity index (χ0) is 21.8. The largest absolute Gasteiger partial charge is 0.319 e. The van der Waals surface area contributed by atoms with Crippen LogP contribution in [-0.2, 0) is 6.54 Å². The van der Waals surface area contributed by atoms with Crippen molar-refractivity contribution in [3.05, 3.63) is 88.7 Å². The molecular weight excluding hydrogens is 411 g/mol. The van der Waals surface area contributed by atoms with Crippen molar-refractivity contribution in [2.24, 2.45) is 5.92 Å². The van der Waals surface area contributed by atoms with Gasteiger partial charge < -0.3 is 5.32 Å². The summed E-state index contributed by atoms with van der Waals surface area (Å²) in [6.07, 6.45) is 2.48. The summed E-state index contributed by atoms with van der Waals surface area (Å²) in [5.74, 6) is 0.0104. The first kappa shape index (κ1) is 21.5. The number of likely N-dealkylation sites (tertiary alicyclic amines) is 1. The van der Waals surface area contributed by atoms with E-state index >= 15 is 0 Å². The molecule has 160 valence electrons. The zero-order valence-electron chi connectivity index (χ0n) is 17.6. The summed E-state index contributed by atoms with van der Waals surface area (Å²) in [5, 5.41) is 3.30. The highest BCUT2D eigenvalue weighted by molar-refractivity contribution is 6.30. The van der Waals surface area contributed by atoms with Gasteiger partial charge in [0.05, 0.1) is 5.69 Å². The van der Waals surface area contributed by atoms with Gasteiger partial charge >= 0.3 is 0 Å². The zero-order valence-corrected chi connectivity index (χ0v) is 18.3. The fraction of sp³-hybridized carbons (Fsp3) is 0.269. The summed E-state index contributed by atoms with van der Waals surface area (Å²) in [6.45, 7) is 5.44. The smallest absolute Gasteiger partial charge is 0.255 e. The number of hydrogen-bond donors (Lipinski definition) is 1. The Morgan fingerprint density at radius 3 is 2.29 bits per heavy atom. The van der Waals surface area contributed by atoms with Crippen LogP contribution < -0.4 is 5.32 Å². The second kappa shape index (κ2) is 9.63. The lowest BCUT2D eigenvalue weighted by molar-refractivity contribution is 0.102. The lowest BCUT2D eigenvalue weighted by Gasteiger charge is -2.30. The molecule has 0 bridgehead atoms. The maximum Gasteiger partial charge on any atom is 0.255 e. The Balaban J connectivity index is 1.39. The van der Waals surface area contributed by atoms with Crippen molar-refractivity contribution in [3.8, 4) is 11.1 Å². The number of piperidine rings is 1. The highest BCUT2D eigenvalue weighted by atomic mass is 35.5. The summed E-state index contributed by atoms with van der Waals surface area (Å²) in [4.78, 5) is 15.0. The van der Waals surface area contributed by atoms with E-state index in [0.717, 1.165) is 36.7 Å². The second-order valence-electron chi connectivity index (χ2n) is 8.31. The van der Waals surface area contributed by atoms with Crippen molar-refractivity contribution in [1.82, 2.24) is 4.90 Å². The molecule has 4 rings (SSSR count). The first-order chi connectivity index (χ1) is 15.0. The molecule has 1 aliphatic heterocycles. The minimum absolute atomic E-state index is 0.161. The van der Waals surface area contributed by atoms with Gasteiger partial charge in [-0.1, -0.05) is 48.9 Å². The molecule has 3 aromatic rings. The highest BCUT2D eigenvalue weighted by Crippen LogP contribution is 2.26. The fourth-order valence-electron chi connectivity index (χ4n) is 3.87. The number of halogens is 2. The SMILES string of the molecule is CC1CCN(Cc2ccc(C(=O)Nc3ccc(-c4ccc(Cl)cc4)cc3F)cc2)CC1. The molecule has 5 heteroatoms. The number of benzene rings is 3. The van der Waals surface area contributed by atoms with Gasteiger partial charge in [0.25, 0.3) is 5.91 Å².